The number of carbonyl (C=O) groups excluding carboxylic acids is 1. The molecular weight excluding hydrogens is 446 g/mol. The van der Waals surface area contributed by atoms with E-state index in [1.807, 2.05) is 4.98 Å². The molecular formula is C19H23N3O9S. The van der Waals surface area contributed by atoms with Gasteiger partial charge in [-0.05, 0) is 18.6 Å². The SMILES string of the molecule is O=C(CCCNS(=O)(=O)c1ccccc1)O[C@H]1C(O)[C@@H](CO)O[C@H]1n1ccc(=O)[nH]c1=O. The van der Waals surface area contributed by atoms with Gasteiger partial charge in [-0.1, -0.05) is 18.2 Å². The third kappa shape index (κ3) is 5.49. The first kappa shape index (κ1) is 23.8. The second kappa shape index (κ2) is 10.2. The van der Waals surface area contributed by atoms with E-state index in [4.69, 9.17) is 9.47 Å². The van der Waals surface area contributed by atoms with Crippen molar-refractivity contribution in [2.75, 3.05) is 13.2 Å². The zero-order chi connectivity index (χ0) is 23.3. The third-order valence-electron chi connectivity index (χ3n) is 4.79. The second-order valence-corrected chi connectivity index (χ2v) is 8.79. The van der Waals surface area contributed by atoms with Gasteiger partial charge in [0.25, 0.3) is 5.56 Å². The summed E-state index contributed by atoms with van der Waals surface area (Å²) < 4.78 is 38.3. The first-order chi connectivity index (χ1) is 15.2. The number of nitrogens with zero attached hydrogens (tertiary/aromatic N) is 1. The molecule has 32 heavy (non-hydrogen) atoms. The van der Waals surface area contributed by atoms with Gasteiger partial charge in [-0.2, -0.15) is 0 Å². The van der Waals surface area contributed by atoms with E-state index in [2.05, 4.69) is 4.72 Å². The van der Waals surface area contributed by atoms with Crippen molar-refractivity contribution in [1.82, 2.24) is 14.3 Å². The number of carbonyl (C=O) groups is 1. The van der Waals surface area contributed by atoms with Crippen LogP contribution in [0.1, 0.15) is 19.1 Å². The minimum absolute atomic E-state index is 0.0296. The van der Waals surface area contributed by atoms with E-state index in [9.17, 15) is 33.0 Å². The Labute approximate surface area is 182 Å². The van der Waals surface area contributed by atoms with Crippen LogP contribution in [-0.4, -0.2) is 65.6 Å². The molecule has 1 saturated heterocycles. The summed E-state index contributed by atoms with van der Waals surface area (Å²) in [5.41, 5.74) is -1.49. The maximum atomic E-state index is 12.3. The average molecular weight is 469 g/mol. The number of nitrogens with one attached hydrogen (secondary N) is 2. The van der Waals surface area contributed by atoms with Crippen molar-refractivity contribution < 1.29 is 32.9 Å². The Kier molecular flexibility index (Phi) is 7.58. The summed E-state index contributed by atoms with van der Waals surface area (Å²) in [5.74, 6) is -0.766. The number of sulfonamides is 1. The molecule has 0 aliphatic carbocycles. The van der Waals surface area contributed by atoms with Crippen molar-refractivity contribution in [1.29, 1.82) is 0 Å². The number of aromatic nitrogens is 2. The second-order valence-electron chi connectivity index (χ2n) is 7.02. The summed E-state index contributed by atoms with van der Waals surface area (Å²) in [6.07, 6.45) is -4.09. The topological polar surface area (TPSA) is 177 Å². The van der Waals surface area contributed by atoms with Gasteiger partial charge < -0.3 is 19.7 Å². The summed E-state index contributed by atoms with van der Waals surface area (Å²) in [4.78, 5) is 37.7. The third-order valence-corrected chi connectivity index (χ3v) is 6.27. The Morgan fingerprint density at radius 1 is 1.22 bits per heavy atom. The highest BCUT2D eigenvalue weighted by atomic mass is 32.2. The monoisotopic (exact) mass is 469 g/mol. The number of hydrogen-bond acceptors (Lipinski definition) is 9. The number of aromatic amines is 1. The fourth-order valence-electron chi connectivity index (χ4n) is 3.18. The van der Waals surface area contributed by atoms with Crippen LogP contribution in [0.5, 0.6) is 0 Å². The lowest BCUT2D eigenvalue weighted by molar-refractivity contribution is -0.158. The fraction of sp³-hybridized carbons (Fsp3) is 0.421. The Balaban J connectivity index is 1.59. The van der Waals surface area contributed by atoms with Crippen LogP contribution >= 0.6 is 0 Å². The Morgan fingerprint density at radius 2 is 1.94 bits per heavy atom. The van der Waals surface area contributed by atoms with Crippen LogP contribution in [0, 0.1) is 0 Å². The molecule has 0 amide bonds. The van der Waals surface area contributed by atoms with E-state index in [1.54, 1.807) is 18.2 Å². The molecule has 0 bridgehead atoms. The lowest BCUT2D eigenvalue weighted by Crippen LogP contribution is -2.40. The van der Waals surface area contributed by atoms with Crippen molar-refractivity contribution in [2.45, 2.75) is 42.3 Å². The van der Waals surface area contributed by atoms with Gasteiger partial charge in [-0.25, -0.2) is 17.9 Å². The first-order valence-corrected chi connectivity index (χ1v) is 11.2. The minimum atomic E-state index is -3.71. The van der Waals surface area contributed by atoms with Gasteiger partial charge in [0.05, 0.1) is 11.5 Å². The highest BCUT2D eigenvalue weighted by Gasteiger charge is 2.47. The molecule has 13 heteroatoms. The van der Waals surface area contributed by atoms with Gasteiger partial charge in [-0.15, -0.1) is 0 Å². The molecule has 1 unspecified atom stereocenters. The van der Waals surface area contributed by atoms with E-state index in [1.165, 1.54) is 12.1 Å². The van der Waals surface area contributed by atoms with Crippen molar-refractivity contribution >= 4 is 16.0 Å². The van der Waals surface area contributed by atoms with Crippen LogP contribution in [0.15, 0.2) is 57.1 Å². The number of ether oxygens (including phenoxy) is 2. The molecule has 0 radical (unpaired) electrons. The number of aliphatic hydroxyl groups is 2. The smallest absolute Gasteiger partial charge is 0.330 e. The van der Waals surface area contributed by atoms with E-state index >= 15 is 0 Å². The van der Waals surface area contributed by atoms with Gasteiger partial charge >= 0.3 is 11.7 Å². The number of esters is 1. The number of aliphatic hydroxyl groups excluding tert-OH is 2. The number of rotatable bonds is 9. The maximum Gasteiger partial charge on any atom is 0.330 e. The lowest BCUT2D eigenvalue weighted by Gasteiger charge is -2.22. The maximum absolute atomic E-state index is 12.3. The van der Waals surface area contributed by atoms with Crippen molar-refractivity contribution in [3.63, 3.8) is 0 Å². The summed E-state index contributed by atoms with van der Waals surface area (Å²) in [5, 5.41) is 19.7. The van der Waals surface area contributed by atoms with E-state index in [0.29, 0.717) is 0 Å². The molecule has 1 aromatic heterocycles. The number of benzene rings is 1. The predicted octanol–water partition coefficient (Wildman–Crippen LogP) is -1.54. The molecule has 1 aliphatic rings. The molecule has 0 saturated carbocycles. The number of H-pyrrole nitrogens is 1. The van der Waals surface area contributed by atoms with Crippen molar-refractivity contribution in [3.05, 3.63) is 63.4 Å². The van der Waals surface area contributed by atoms with Crippen LogP contribution in [0.3, 0.4) is 0 Å². The molecule has 3 rings (SSSR count). The highest BCUT2D eigenvalue weighted by Crippen LogP contribution is 2.31. The van der Waals surface area contributed by atoms with Crippen molar-refractivity contribution in [3.8, 4) is 0 Å². The molecule has 12 nitrogen and oxygen atoms in total. The molecule has 1 fully saturated rings. The lowest BCUT2D eigenvalue weighted by atomic mass is 10.1. The first-order valence-electron chi connectivity index (χ1n) is 9.73. The van der Waals surface area contributed by atoms with Gasteiger partial charge in [0.2, 0.25) is 10.0 Å². The van der Waals surface area contributed by atoms with Gasteiger partial charge in [-0.3, -0.25) is 19.1 Å². The number of hydrogen-bond donors (Lipinski definition) is 4. The zero-order valence-corrected chi connectivity index (χ0v) is 17.6. The minimum Gasteiger partial charge on any atom is -0.455 e. The standard InChI is InChI=1S/C19H23N3O9S/c23-11-13-16(26)17(18(30-13)22-10-8-14(24)21-19(22)27)31-15(25)7-4-9-20-32(28,29)12-5-2-1-3-6-12/h1-3,5-6,8,10,13,16-18,20,23,26H,4,7,9,11H2,(H,21,24,27)/t13-,16?,17+,18-/m1/s1. The molecule has 4 atom stereocenters. The molecule has 2 heterocycles. The van der Waals surface area contributed by atoms with Crippen LogP contribution < -0.4 is 16.0 Å². The van der Waals surface area contributed by atoms with E-state index < -0.39 is 58.4 Å². The van der Waals surface area contributed by atoms with Crippen LogP contribution in [-0.2, 0) is 24.3 Å². The highest BCUT2D eigenvalue weighted by molar-refractivity contribution is 7.89. The molecule has 1 aromatic carbocycles. The van der Waals surface area contributed by atoms with Crippen LogP contribution in [0.2, 0.25) is 0 Å². The summed E-state index contributed by atoms with van der Waals surface area (Å²) in [6.45, 7) is -0.622. The van der Waals surface area contributed by atoms with Gasteiger partial charge in [0, 0.05) is 25.2 Å². The molecule has 0 spiro atoms. The average Bonchev–Trinajstić information content (AvgIpc) is 3.07. The van der Waals surface area contributed by atoms with Crippen LogP contribution in [0.25, 0.3) is 0 Å². The summed E-state index contributed by atoms with van der Waals surface area (Å²) in [6, 6.07) is 8.80. The van der Waals surface area contributed by atoms with E-state index in [-0.39, 0.29) is 24.3 Å². The Hall–Kier alpha value is -2.84. The van der Waals surface area contributed by atoms with Crippen molar-refractivity contribution in [2.24, 2.45) is 0 Å². The fourth-order valence-corrected chi connectivity index (χ4v) is 4.28. The zero-order valence-electron chi connectivity index (χ0n) is 16.8. The largest absolute Gasteiger partial charge is 0.455 e. The predicted molar refractivity (Wildman–Crippen MR) is 109 cm³/mol. The normalized spacial score (nSPS) is 23.2. The Morgan fingerprint density at radius 3 is 2.59 bits per heavy atom. The summed E-state index contributed by atoms with van der Waals surface area (Å²) >= 11 is 0. The molecule has 4 N–H and O–H groups in total. The van der Waals surface area contributed by atoms with Crippen LogP contribution in [0.4, 0.5) is 0 Å². The van der Waals surface area contributed by atoms with E-state index in [0.717, 1.165) is 16.8 Å². The molecule has 174 valence electrons. The molecule has 1 aliphatic heterocycles. The quantitative estimate of drug-likeness (QED) is 0.250. The Bertz CT molecular complexity index is 1150. The summed E-state index contributed by atoms with van der Waals surface area (Å²) in [7, 11) is -3.71. The molecule has 2 aromatic rings. The van der Waals surface area contributed by atoms with Gasteiger partial charge in [0.15, 0.2) is 12.3 Å². The van der Waals surface area contributed by atoms with Gasteiger partial charge in [0.1, 0.15) is 12.2 Å².